The minimum atomic E-state index is -4.41. The van der Waals surface area contributed by atoms with Gasteiger partial charge >= 0.3 is 6.18 Å². The Morgan fingerprint density at radius 2 is 1.75 bits per heavy atom. The molecule has 0 amide bonds. The highest BCUT2D eigenvalue weighted by atomic mass is 19.4. The molecule has 0 radical (unpaired) electrons. The summed E-state index contributed by atoms with van der Waals surface area (Å²) in [6, 6.07) is 6.02. The minimum Gasteiger partial charge on any atom is -0.393 e. The second kappa shape index (κ2) is 10.5. The Hall–Kier alpha value is -2.39. The van der Waals surface area contributed by atoms with Gasteiger partial charge in [0.1, 0.15) is 5.82 Å². The first-order valence-electron chi connectivity index (χ1n) is 13.2. The molecule has 1 saturated heterocycles. The molecule has 2 saturated carbocycles. The van der Waals surface area contributed by atoms with Gasteiger partial charge in [0.25, 0.3) is 0 Å². The van der Waals surface area contributed by atoms with E-state index in [2.05, 4.69) is 27.4 Å². The number of likely N-dealkylation sites (tertiary alicyclic amines) is 1. The maximum atomic E-state index is 13.2. The third-order valence-electron chi connectivity index (χ3n) is 8.14. The van der Waals surface area contributed by atoms with E-state index in [1.54, 1.807) is 6.07 Å². The van der Waals surface area contributed by atoms with Gasteiger partial charge in [-0.25, -0.2) is 4.98 Å². The maximum Gasteiger partial charge on any atom is 0.416 e. The van der Waals surface area contributed by atoms with Crippen molar-refractivity contribution in [1.82, 2.24) is 14.9 Å². The minimum absolute atomic E-state index is 0.208. The lowest BCUT2D eigenvalue weighted by Crippen LogP contribution is -2.47. The Balaban J connectivity index is 1.33. The van der Waals surface area contributed by atoms with E-state index in [0.29, 0.717) is 11.6 Å². The molecular formula is C27H36F3N5O. The Kier molecular flexibility index (Phi) is 7.40. The van der Waals surface area contributed by atoms with Crippen LogP contribution in [0.1, 0.15) is 75.3 Å². The van der Waals surface area contributed by atoms with E-state index in [1.807, 2.05) is 6.20 Å². The first kappa shape index (κ1) is 25.3. The van der Waals surface area contributed by atoms with Crippen molar-refractivity contribution in [2.45, 2.75) is 88.6 Å². The van der Waals surface area contributed by atoms with Crippen LogP contribution in [-0.2, 0) is 6.18 Å². The largest absolute Gasteiger partial charge is 0.416 e. The van der Waals surface area contributed by atoms with Crippen molar-refractivity contribution in [2.75, 3.05) is 23.7 Å². The molecule has 2 aliphatic carbocycles. The average molecular weight is 504 g/mol. The molecule has 1 aromatic carbocycles. The van der Waals surface area contributed by atoms with Crippen LogP contribution in [0.15, 0.2) is 30.5 Å². The lowest BCUT2D eigenvalue weighted by Gasteiger charge is -2.45. The van der Waals surface area contributed by atoms with Crippen molar-refractivity contribution in [3.05, 3.63) is 41.6 Å². The van der Waals surface area contributed by atoms with Gasteiger partial charge in [0.2, 0.25) is 5.95 Å². The van der Waals surface area contributed by atoms with Gasteiger partial charge in [0.15, 0.2) is 0 Å². The Bertz CT molecular complexity index is 1030. The van der Waals surface area contributed by atoms with E-state index in [-0.39, 0.29) is 18.1 Å². The topological polar surface area (TPSA) is 73.3 Å². The van der Waals surface area contributed by atoms with Crippen LogP contribution in [0.25, 0.3) is 0 Å². The molecule has 1 aromatic heterocycles. The molecule has 3 N–H and O–H groups in total. The van der Waals surface area contributed by atoms with Crippen LogP contribution >= 0.6 is 0 Å². The summed E-state index contributed by atoms with van der Waals surface area (Å²) >= 11 is 0. The molecule has 2 aromatic rings. The van der Waals surface area contributed by atoms with Gasteiger partial charge in [-0.15, -0.1) is 0 Å². The zero-order valence-electron chi connectivity index (χ0n) is 20.8. The molecule has 0 atom stereocenters. The van der Waals surface area contributed by atoms with Crippen LogP contribution in [0.4, 0.5) is 30.6 Å². The first-order chi connectivity index (χ1) is 17.2. The van der Waals surface area contributed by atoms with Gasteiger partial charge in [-0.1, -0.05) is 13.0 Å². The van der Waals surface area contributed by atoms with Crippen LogP contribution < -0.4 is 10.6 Å². The third kappa shape index (κ3) is 5.94. The van der Waals surface area contributed by atoms with Gasteiger partial charge in [-0.3, -0.25) is 0 Å². The molecule has 1 aliphatic heterocycles. The van der Waals surface area contributed by atoms with E-state index in [1.165, 1.54) is 18.9 Å². The number of aromatic nitrogens is 2. The smallest absolute Gasteiger partial charge is 0.393 e. The summed E-state index contributed by atoms with van der Waals surface area (Å²) in [4.78, 5) is 11.9. The number of hydrogen-bond donors (Lipinski definition) is 3. The maximum absolute atomic E-state index is 13.2. The SMILES string of the molecule is CC1CC(N2CCC(c3cnc(Nc4cccc(C(F)(F)F)c4)nc3NC3CCC(O)CC3)CC2)C1. The highest BCUT2D eigenvalue weighted by Crippen LogP contribution is 2.38. The first-order valence-corrected chi connectivity index (χ1v) is 13.2. The summed E-state index contributed by atoms with van der Waals surface area (Å²) < 4.78 is 39.5. The second-order valence-electron chi connectivity index (χ2n) is 10.9. The van der Waals surface area contributed by atoms with Crippen LogP contribution in [-0.4, -0.2) is 51.3 Å². The van der Waals surface area contributed by atoms with E-state index in [4.69, 9.17) is 4.98 Å². The number of nitrogens with zero attached hydrogens (tertiary/aromatic N) is 3. The zero-order chi connectivity index (χ0) is 25.3. The molecular weight excluding hydrogens is 467 g/mol. The Labute approximate surface area is 210 Å². The predicted molar refractivity (Wildman–Crippen MR) is 134 cm³/mol. The van der Waals surface area contributed by atoms with Crippen molar-refractivity contribution in [3.63, 3.8) is 0 Å². The van der Waals surface area contributed by atoms with Crippen LogP contribution in [0, 0.1) is 5.92 Å². The normalized spacial score (nSPS) is 27.9. The standard InChI is InChI=1S/C27H36F3N5O/c1-17-13-22(14-17)35-11-9-18(10-12-35)24-16-31-26(33-21-4-2-3-19(15-21)27(28,29)30)34-25(24)32-20-5-7-23(36)8-6-20/h2-4,15-18,20,22-23,36H,5-14H2,1H3,(H2,31,32,33,34). The van der Waals surface area contributed by atoms with Gasteiger partial charge in [0.05, 0.1) is 11.7 Å². The molecule has 6 nitrogen and oxygen atoms in total. The lowest BCUT2D eigenvalue weighted by atomic mass is 9.79. The zero-order valence-corrected chi connectivity index (χ0v) is 20.8. The summed E-state index contributed by atoms with van der Waals surface area (Å²) in [5.74, 6) is 2.22. The monoisotopic (exact) mass is 503 g/mol. The van der Waals surface area contributed by atoms with Gasteiger partial charge in [-0.2, -0.15) is 18.2 Å². The molecule has 9 heteroatoms. The van der Waals surface area contributed by atoms with Gasteiger partial charge < -0.3 is 20.6 Å². The van der Waals surface area contributed by atoms with Crippen LogP contribution in [0.3, 0.4) is 0 Å². The van der Waals surface area contributed by atoms with E-state index in [0.717, 1.165) is 87.1 Å². The summed E-state index contributed by atoms with van der Waals surface area (Å²) in [6.45, 7) is 4.46. The fourth-order valence-electron chi connectivity index (χ4n) is 5.92. The number of aliphatic hydroxyl groups is 1. The number of halogens is 3. The van der Waals surface area contributed by atoms with Crippen molar-refractivity contribution < 1.29 is 18.3 Å². The lowest BCUT2D eigenvalue weighted by molar-refractivity contribution is -0.137. The average Bonchev–Trinajstić information content (AvgIpc) is 2.84. The van der Waals surface area contributed by atoms with E-state index in [9.17, 15) is 18.3 Å². The quantitative estimate of drug-likeness (QED) is 0.454. The molecule has 2 heterocycles. The Morgan fingerprint density at radius 3 is 2.42 bits per heavy atom. The number of aliphatic hydroxyl groups excluding tert-OH is 1. The van der Waals surface area contributed by atoms with Crippen molar-refractivity contribution in [1.29, 1.82) is 0 Å². The molecule has 0 unspecified atom stereocenters. The molecule has 3 fully saturated rings. The summed E-state index contributed by atoms with van der Waals surface area (Å²) in [6.07, 6.45) is 5.11. The van der Waals surface area contributed by atoms with E-state index < -0.39 is 11.7 Å². The molecule has 5 rings (SSSR count). The van der Waals surface area contributed by atoms with Gasteiger partial charge in [-0.05, 0) is 94.5 Å². The number of benzene rings is 1. The Morgan fingerprint density at radius 1 is 1.03 bits per heavy atom. The number of nitrogens with one attached hydrogen (secondary N) is 2. The number of alkyl halides is 3. The third-order valence-corrected chi connectivity index (χ3v) is 8.14. The summed E-state index contributed by atoms with van der Waals surface area (Å²) in [7, 11) is 0. The van der Waals surface area contributed by atoms with Crippen LogP contribution in [0.2, 0.25) is 0 Å². The fourth-order valence-corrected chi connectivity index (χ4v) is 5.92. The fraction of sp³-hybridized carbons (Fsp3) is 0.630. The highest BCUT2D eigenvalue weighted by molar-refractivity contribution is 5.58. The number of hydrogen-bond acceptors (Lipinski definition) is 6. The molecule has 0 spiro atoms. The summed E-state index contributed by atoms with van der Waals surface area (Å²) in [5, 5.41) is 16.5. The number of rotatable bonds is 6. The number of piperidine rings is 1. The molecule has 3 aliphatic rings. The number of anilines is 3. The van der Waals surface area contributed by atoms with Gasteiger partial charge in [0, 0.05) is 29.5 Å². The second-order valence-corrected chi connectivity index (χ2v) is 10.9. The van der Waals surface area contributed by atoms with Crippen molar-refractivity contribution in [3.8, 4) is 0 Å². The molecule has 196 valence electrons. The highest BCUT2D eigenvalue weighted by Gasteiger charge is 2.34. The summed E-state index contributed by atoms with van der Waals surface area (Å²) in [5.41, 5.74) is 0.667. The predicted octanol–water partition coefficient (Wildman–Crippen LogP) is 5.93. The van der Waals surface area contributed by atoms with Crippen molar-refractivity contribution >= 4 is 17.5 Å². The molecule has 0 bridgehead atoms. The van der Waals surface area contributed by atoms with Crippen LogP contribution in [0.5, 0.6) is 0 Å². The molecule has 36 heavy (non-hydrogen) atoms. The van der Waals surface area contributed by atoms with E-state index >= 15 is 0 Å². The van der Waals surface area contributed by atoms with Crippen molar-refractivity contribution in [2.24, 2.45) is 5.92 Å².